The van der Waals surface area contributed by atoms with Crippen LogP contribution in [0.15, 0.2) is 42.7 Å². The lowest BCUT2D eigenvalue weighted by Crippen LogP contribution is -2.42. The third kappa shape index (κ3) is 7.55. The number of halogens is 2. The highest BCUT2D eigenvalue weighted by molar-refractivity contribution is 5.97. The van der Waals surface area contributed by atoms with Crippen molar-refractivity contribution < 1.29 is 19.4 Å². The second-order valence-electron chi connectivity index (χ2n) is 8.51. The number of ether oxygens (including phenoxy) is 1. The number of rotatable bonds is 6. The number of likely N-dealkylation sites (tertiary alicyclic amines) is 1. The molecule has 0 bridgehead atoms. The molecule has 11 heteroatoms. The van der Waals surface area contributed by atoms with Crippen molar-refractivity contribution in [2.24, 2.45) is 5.92 Å². The lowest BCUT2D eigenvalue weighted by molar-refractivity contribution is -0.132. The quantitative estimate of drug-likeness (QED) is 0.340. The summed E-state index contributed by atoms with van der Waals surface area (Å²) in [5.41, 5.74) is 2.94. The first-order chi connectivity index (χ1) is 16.0. The molecule has 0 saturated carbocycles. The maximum absolute atomic E-state index is 12.6. The SMILES string of the molecule is Cl.Cl.N=C(NC(=O)O)C1NCCc2ccc(OCC3CCN(C(=O)Cc4ccncc4)CC3)cc21. The van der Waals surface area contributed by atoms with Crippen LogP contribution in [0.2, 0.25) is 0 Å². The van der Waals surface area contributed by atoms with Gasteiger partial charge < -0.3 is 20.1 Å². The number of aromatic nitrogens is 1. The zero-order valence-electron chi connectivity index (χ0n) is 19.2. The Bertz CT molecular complexity index is 1020. The van der Waals surface area contributed by atoms with Crippen LogP contribution in [-0.2, 0) is 17.6 Å². The van der Waals surface area contributed by atoms with Crippen molar-refractivity contribution in [3.05, 3.63) is 59.4 Å². The van der Waals surface area contributed by atoms with Crippen molar-refractivity contribution in [1.82, 2.24) is 20.5 Å². The number of hydrogen-bond donors (Lipinski definition) is 4. The molecule has 2 aliphatic rings. The first-order valence-electron chi connectivity index (χ1n) is 11.2. The number of hydrogen-bond acceptors (Lipinski definition) is 6. The summed E-state index contributed by atoms with van der Waals surface area (Å²) in [6.45, 7) is 2.70. The van der Waals surface area contributed by atoms with Crippen molar-refractivity contribution in [3.8, 4) is 5.75 Å². The average Bonchev–Trinajstić information content (AvgIpc) is 2.82. The van der Waals surface area contributed by atoms with Crippen LogP contribution in [0.3, 0.4) is 0 Å². The smallest absolute Gasteiger partial charge is 0.410 e. The number of piperidine rings is 1. The molecule has 1 fully saturated rings. The van der Waals surface area contributed by atoms with E-state index in [0.29, 0.717) is 31.2 Å². The molecule has 35 heavy (non-hydrogen) atoms. The number of carboxylic acid groups (broad SMARTS) is 1. The Labute approximate surface area is 217 Å². The molecule has 4 N–H and O–H groups in total. The summed E-state index contributed by atoms with van der Waals surface area (Å²) in [6, 6.07) is 9.07. The minimum absolute atomic E-state index is 0. The van der Waals surface area contributed by atoms with Gasteiger partial charge in [0, 0.05) is 32.0 Å². The third-order valence-electron chi connectivity index (χ3n) is 6.26. The molecule has 9 nitrogen and oxygen atoms in total. The molecule has 0 radical (unpaired) electrons. The highest BCUT2D eigenvalue weighted by atomic mass is 35.5. The van der Waals surface area contributed by atoms with Crippen LogP contribution in [0, 0.1) is 11.3 Å². The topological polar surface area (TPSA) is 128 Å². The van der Waals surface area contributed by atoms with Crippen molar-refractivity contribution in [2.75, 3.05) is 26.2 Å². The Balaban J connectivity index is 0.00000216. The fourth-order valence-electron chi connectivity index (χ4n) is 4.42. The van der Waals surface area contributed by atoms with Crippen LogP contribution in [0.4, 0.5) is 4.79 Å². The first-order valence-corrected chi connectivity index (χ1v) is 11.2. The van der Waals surface area contributed by atoms with Gasteiger partial charge in [0.2, 0.25) is 5.91 Å². The second kappa shape index (κ2) is 13.3. The highest BCUT2D eigenvalue weighted by Crippen LogP contribution is 2.28. The summed E-state index contributed by atoms with van der Waals surface area (Å²) in [5.74, 6) is 1.13. The number of fused-ring (bicyclic) bond motifs is 1. The van der Waals surface area contributed by atoms with Crippen LogP contribution in [0.25, 0.3) is 0 Å². The molecule has 1 atom stereocenters. The monoisotopic (exact) mass is 523 g/mol. The number of nitrogens with one attached hydrogen (secondary N) is 3. The fraction of sp³-hybridized carbons (Fsp3) is 0.417. The van der Waals surface area contributed by atoms with Crippen LogP contribution in [-0.4, -0.2) is 59.1 Å². The van der Waals surface area contributed by atoms with E-state index in [1.165, 1.54) is 0 Å². The molecule has 2 aromatic rings. The van der Waals surface area contributed by atoms with E-state index in [1.54, 1.807) is 12.4 Å². The van der Waals surface area contributed by atoms with Crippen LogP contribution in [0.1, 0.15) is 35.6 Å². The van der Waals surface area contributed by atoms with E-state index in [0.717, 1.165) is 49.0 Å². The standard InChI is InChI=1S/C24H29N5O4.2ClH/c25-23(28-24(31)32)22-20-14-19(2-1-18(20)5-10-27-22)33-15-17-6-11-29(12-7-17)21(30)13-16-3-8-26-9-4-16;;/h1-4,8-9,14,17,22,27H,5-7,10-13,15H2,(H2,25,28)(H,31,32);2*1H. The molecule has 4 rings (SSSR count). The predicted molar refractivity (Wildman–Crippen MR) is 137 cm³/mol. The van der Waals surface area contributed by atoms with Crippen molar-refractivity contribution >= 4 is 42.7 Å². The minimum atomic E-state index is -1.24. The van der Waals surface area contributed by atoms with Gasteiger partial charge in [0.25, 0.3) is 0 Å². The first kappa shape index (κ1) is 28.4. The number of nitrogens with zero attached hydrogens (tertiary/aromatic N) is 2. The van der Waals surface area contributed by atoms with E-state index in [2.05, 4.69) is 15.6 Å². The zero-order chi connectivity index (χ0) is 23.2. The van der Waals surface area contributed by atoms with Gasteiger partial charge in [-0.05, 0) is 66.1 Å². The Kier molecular flexibility index (Phi) is 10.8. The van der Waals surface area contributed by atoms with Gasteiger partial charge in [-0.25, -0.2) is 4.79 Å². The molecule has 1 aromatic heterocycles. The number of pyridine rings is 1. The number of amidine groups is 1. The molecular weight excluding hydrogens is 493 g/mol. The van der Waals surface area contributed by atoms with Crippen LogP contribution < -0.4 is 15.4 Å². The van der Waals surface area contributed by atoms with Gasteiger partial charge in [-0.15, -0.1) is 24.8 Å². The molecule has 1 aromatic carbocycles. The van der Waals surface area contributed by atoms with E-state index < -0.39 is 12.1 Å². The van der Waals surface area contributed by atoms with Gasteiger partial charge >= 0.3 is 6.09 Å². The Morgan fingerprint density at radius 3 is 2.57 bits per heavy atom. The summed E-state index contributed by atoms with van der Waals surface area (Å²) < 4.78 is 6.07. The molecule has 1 unspecified atom stereocenters. The molecule has 1 saturated heterocycles. The van der Waals surface area contributed by atoms with Gasteiger partial charge in [-0.3, -0.25) is 20.5 Å². The molecule has 0 aliphatic carbocycles. The number of amides is 2. The number of carbonyl (C=O) groups is 2. The van der Waals surface area contributed by atoms with Crippen molar-refractivity contribution in [3.63, 3.8) is 0 Å². The van der Waals surface area contributed by atoms with Gasteiger partial charge in [-0.1, -0.05) is 6.07 Å². The maximum atomic E-state index is 12.6. The van der Waals surface area contributed by atoms with Crippen molar-refractivity contribution in [2.45, 2.75) is 31.7 Å². The summed E-state index contributed by atoms with van der Waals surface area (Å²) in [6.07, 6.45) is 5.17. The second-order valence-corrected chi connectivity index (χ2v) is 8.51. The normalized spacial score (nSPS) is 17.3. The molecule has 2 amide bonds. The molecule has 190 valence electrons. The number of carbonyl (C=O) groups excluding carboxylic acids is 1. The minimum Gasteiger partial charge on any atom is -0.493 e. The van der Waals surface area contributed by atoms with Gasteiger partial charge in [0.15, 0.2) is 0 Å². The summed E-state index contributed by atoms with van der Waals surface area (Å²) in [4.78, 5) is 29.4. The number of benzene rings is 1. The Morgan fingerprint density at radius 2 is 1.89 bits per heavy atom. The lowest BCUT2D eigenvalue weighted by Gasteiger charge is -2.32. The molecule has 2 aliphatic heterocycles. The van der Waals surface area contributed by atoms with Crippen LogP contribution in [0.5, 0.6) is 5.75 Å². The zero-order valence-corrected chi connectivity index (χ0v) is 20.9. The largest absolute Gasteiger partial charge is 0.493 e. The van der Waals surface area contributed by atoms with Gasteiger partial charge in [-0.2, -0.15) is 0 Å². The fourth-order valence-corrected chi connectivity index (χ4v) is 4.42. The Hall–Kier alpha value is -2.88. The summed E-state index contributed by atoms with van der Waals surface area (Å²) in [5, 5.41) is 22.4. The lowest BCUT2D eigenvalue weighted by atomic mass is 9.93. The van der Waals surface area contributed by atoms with Gasteiger partial charge in [0.05, 0.1) is 19.1 Å². The summed E-state index contributed by atoms with van der Waals surface area (Å²) >= 11 is 0. The predicted octanol–water partition coefficient (Wildman–Crippen LogP) is 3.22. The van der Waals surface area contributed by atoms with E-state index in [1.807, 2.05) is 35.2 Å². The average molecular weight is 524 g/mol. The third-order valence-corrected chi connectivity index (χ3v) is 6.26. The highest BCUT2D eigenvalue weighted by Gasteiger charge is 2.26. The summed E-state index contributed by atoms with van der Waals surface area (Å²) in [7, 11) is 0. The van der Waals surface area contributed by atoms with E-state index >= 15 is 0 Å². The molecule has 3 heterocycles. The van der Waals surface area contributed by atoms with E-state index in [4.69, 9.17) is 15.3 Å². The maximum Gasteiger partial charge on any atom is 0.410 e. The van der Waals surface area contributed by atoms with Gasteiger partial charge in [0.1, 0.15) is 11.6 Å². The Morgan fingerprint density at radius 1 is 1.17 bits per heavy atom. The molecule has 0 spiro atoms. The van der Waals surface area contributed by atoms with E-state index in [9.17, 15) is 9.59 Å². The molecular formula is C24H31Cl2N5O4. The van der Waals surface area contributed by atoms with Crippen LogP contribution >= 0.6 is 24.8 Å². The van der Waals surface area contributed by atoms with Crippen molar-refractivity contribution in [1.29, 1.82) is 5.41 Å². The van der Waals surface area contributed by atoms with E-state index in [-0.39, 0.29) is 36.6 Å².